The third-order valence-electron chi connectivity index (χ3n) is 3.07. The molecular formula is C15H14N4OS2. The molecular weight excluding hydrogens is 316 g/mol. The molecule has 0 saturated heterocycles. The summed E-state index contributed by atoms with van der Waals surface area (Å²) < 4.78 is 1.95. The molecule has 112 valence electrons. The zero-order valence-corrected chi connectivity index (χ0v) is 13.5. The SMILES string of the molecule is C[C@H](Sc1nnc(-c2cccs2)n1-c1ccccc1)C(N)=O. The van der Waals surface area contributed by atoms with Crippen molar-refractivity contribution in [3.05, 3.63) is 47.8 Å². The van der Waals surface area contributed by atoms with E-state index in [1.54, 1.807) is 18.3 Å². The van der Waals surface area contributed by atoms with Crippen LogP contribution in [0.2, 0.25) is 0 Å². The van der Waals surface area contributed by atoms with Crippen LogP contribution in [0.3, 0.4) is 0 Å². The fraction of sp³-hybridized carbons (Fsp3) is 0.133. The molecule has 3 rings (SSSR count). The van der Waals surface area contributed by atoms with Crippen LogP contribution in [0.5, 0.6) is 0 Å². The lowest BCUT2D eigenvalue weighted by molar-refractivity contribution is -0.117. The molecule has 1 atom stereocenters. The predicted octanol–water partition coefficient (Wildman–Crippen LogP) is 2.96. The smallest absolute Gasteiger partial charge is 0.230 e. The lowest BCUT2D eigenvalue weighted by atomic mass is 10.3. The van der Waals surface area contributed by atoms with Gasteiger partial charge in [-0.15, -0.1) is 21.5 Å². The number of nitrogens with zero attached hydrogens (tertiary/aromatic N) is 3. The number of carbonyl (C=O) groups excluding carboxylic acids is 1. The summed E-state index contributed by atoms with van der Waals surface area (Å²) >= 11 is 2.91. The van der Waals surface area contributed by atoms with Crippen LogP contribution < -0.4 is 5.73 Å². The minimum Gasteiger partial charge on any atom is -0.369 e. The molecule has 0 aliphatic rings. The van der Waals surface area contributed by atoms with Crippen LogP contribution >= 0.6 is 23.1 Å². The molecule has 0 radical (unpaired) electrons. The first-order valence-corrected chi connectivity index (χ1v) is 8.43. The van der Waals surface area contributed by atoms with E-state index in [9.17, 15) is 4.79 Å². The van der Waals surface area contributed by atoms with Gasteiger partial charge in [-0.1, -0.05) is 36.0 Å². The molecule has 2 aromatic heterocycles. The van der Waals surface area contributed by atoms with Gasteiger partial charge in [-0.25, -0.2) is 0 Å². The van der Waals surface area contributed by atoms with Crippen molar-refractivity contribution in [2.75, 3.05) is 0 Å². The van der Waals surface area contributed by atoms with E-state index in [0.29, 0.717) is 5.16 Å². The van der Waals surface area contributed by atoms with E-state index < -0.39 is 0 Å². The van der Waals surface area contributed by atoms with E-state index in [4.69, 9.17) is 5.73 Å². The molecule has 0 unspecified atom stereocenters. The van der Waals surface area contributed by atoms with Crippen LogP contribution in [0.15, 0.2) is 53.0 Å². The van der Waals surface area contributed by atoms with E-state index in [1.807, 2.05) is 52.4 Å². The molecule has 0 aliphatic heterocycles. The maximum atomic E-state index is 11.3. The van der Waals surface area contributed by atoms with Crippen LogP contribution in [-0.2, 0) is 4.79 Å². The van der Waals surface area contributed by atoms with Crippen molar-refractivity contribution in [3.63, 3.8) is 0 Å². The van der Waals surface area contributed by atoms with Crippen molar-refractivity contribution in [1.82, 2.24) is 14.8 Å². The normalized spacial score (nSPS) is 12.2. The second-order valence-electron chi connectivity index (χ2n) is 4.62. The van der Waals surface area contributed by atoms with Gasteiger partial charge in [0.1, 0.15) is 0 Å². The molecule has 2 heterocycles. The lowest BCUT2D eigenvalue weighted by Gasteiger charge is -2.11. The Labute approximate surface area is 136 Å². The number of amides is 1. The van der Waals surface area contributed by atoms with Gasteiger partial charge in [0, 0.05) is 5.69 Å². The first kappa shape index (κ1) is 14.8. The molecule has 5 nitrogen and oxygen atoms in total. The molecule has 2 N–H and O–H groups in total. The minimum atomic E-state index is -0.372. The van der Waals surface area contributed by atoms with Gasteiger partial charge in [-0.3, -0.25) is 9.36 Å². The molecule has 7 heteroatoms. The molecule has 0 aliphatic carbocycles. The summed E-state index contributed by atoms with van der Waals surface area (Å²) in [6.45, 7) is 1.77. The zero-order valence-electron chi connectivity index (χ0n) is 11.8. The van der Waals surface area contributed by atoms with Crippen molar-refractivity contribution in [3.8, 4) is 16.4 Å². The Morgan fingerprint density at radius 3 is 2.64 bits per heavy atom. The number of para-hydroxylation sites is 1. The Balaban J connectivity index is 2.10. The van der Waals surface area contributed by atoms with Gasteiger partial charge in [0.2, 0.25) is 5.91 Å². The van der Waals surface area contributed by atoms with Crippen molar-refractivity contribution < 1.29 is 4.79 Å². The standard InChI is InChI=1S/C15H14N4OS2/c1-10(13(16)20)22-15-18-17-14(12-8-5-9-21-12)19(15)11-6-3-2-4-7-11/h2-10H,1H3,(H2,16,20)/t10-/m0/s1. The average Bonchev–Trinajstić information content (AvgIpc) is 3.16. The summed E-state index contributed by atoms with van der Waals surface area (Å²) in [5.74, 6) is 0.394. The van der Waals surface area contributed by atoms with E-state index in [2.05, 4.69) is 10.2 Å². The van der Waals surface area contributed by atoms with Gasteiger partial charge in [-0.05, 0) is 30.5 Å². The van der Waals surface area contributed by atoms with E-state index in [1.165, 1.54) is 11.8 Å². The molecule has 0 fully saturated rings. The highest BCUT2D eigenvalue weighted by atomic mass is 32.2. The minimum absolute atomic E-state index is 0.370. The Bertz CT molecular complexity index is 768. The summed E-state index contributed by atoms with van der Waals surface area (Å²) in [6, 6.07) is 13.8. The number of carbonyl (C=O) groups is 1. The van der Waals surface area contributed by atoms with Crippen LogP contribution in [0.25, 0.3) is 16.4 Å². The summed E-state index contributed by atoms with van der Waals surface area (Å²) in [7, 11) is 0. The van der Waals surface area contributed by atoms with Gasteiger partial charge in [0.25, 0.3) is 0 Å². The maximum absolute atomic E-state index is 11.3. The second-order valence-corrected chi connectivity index (χ2v) is 6.87. The van der Waals surface area contributed by atoms with Crippen LogP contribution in [-0.4, -0.2) is 25.9 Å². The molecule has 0 bridgehead atoms. The Morgan fingerprint density at radius 1 is 1.23 bits per heavy atom. The van der Waals surface area contributed by atoms with Crippen molar-refractivity contribution >= 4 is 29.0 Å². The first-order valence-electron chi connectivity index (χ1n) is 6.67. The van der Waals surface area contributed by atoms with Crippen LogP contribution in [0.4, 0.5) is 0 Å². The van der Waals surface area contributed by atoms with Crippen molar-refractivity contribution in [2.45, 2.75) is 17.3 Å². The number of benzene rings is 1. The van der Waals surface area contributed by atoms with Gasteiger partial charge in [0.05, 0.1) is 10.1 Å². The van der Waals surface area contributed by atoms with Gasteiger partial charge in [0.15, 0.2) is 11.0 Å². The third-order valence-corrected chi connectivity index (χ3v) is 5.00. The highest BCUT2D eigenvalue weighted by Crippen LogP contribution is 2.31. The summed E-state index contributed by atoms with van der Waals surface area (Å²) in [5, 5.41) is 10.8. The molecule has 0 spiro atoms. The maximum Gasteiger partial charge on any atom is 0.230 e. The van der Waals surface area contributed by atoms with E-state index in [0.717, 1.165) is 16.4 Å². The number of nitrogens with two attached hydrogens (primary N) is 1. The summed E-state index contributed by atoms with van der Waals surface area (Å²) in [5.41, 5.74) is 6.31. The van der Waals surface area contributed by atoms with Gasteiger partial charge < -0.3 is 5.73 Å². The molecule has 1 amide bonds. The largest absolute Gasteiger partial charge is 0.369 e. The number of thiophene rings is 1. The number of primary amides is 1. The Morgan fingerprint density at radius 2 is 2.00 bits per heavy atom. The summed E-state index contributed by atoms with van der Waals surface area (Å²) in [6.07, 6.45) is 0. The fourth-order valence-corrected chi connectivity index (χ4v) is 3.45. The zero-order chi connectivity index (χ0) is 15.5. The number of hydrogen-bond donors (Lipinski definition) is 1. The molecule has 22 heavy (non-hydrogen) atoms. The first-order chi connectivity index (χ1) is 10.7. The topological polar surface area (TPSA) is 73.8 Å². The number of thioether (sulfide) groups is 1. The number of hydrogen-bond acceptors (Lipinski definition) is 5. The fourth-order valence-electron chi connectivity index (χ4n) is 1.94. The monoisotopic (exact) mass is 330 g/mol. The quantitative estimate of drug-likeness (QED) is 0.730. The number of aromatic nitrogens is 3. The lowest BCUT2D eigenvalue weighted by Crippen LogP contribution is -2.23. The highest BCUT2D eigenvalue weighted by molar-refractivity contribution is 8.00. The van der Waals surface area contributed by atoms with Crippen LogP contribution in [0.1, 0.15) is 6.92 Å². The Kier molecular flexibility index (Phi) is 4.26. The third kappa shape index (κ3) is 2.90. The van der Waals surface area contributed by atoms with Crippen LogP contribution in [0, 0.1) is 0 Å². The number of rotatable bonds is 5. The Hall–Kier alpha value is -2.12. The second kappa shape index (κ2) is 6.33. The van der Waals surface area contributed by atoms with Crippen molar-refractivity contribution in [1.29, 1.82) is 0 Å². The van der Waals surface area contributed by atoms with E-state index in [-0.39, 0.29) is 11.2 Å². The molecule has 3 aromatic rings. The van der Waals surface area contributed by atoms with E-state index >= 15 is 0 Å². The summed E-state index contributed by atoms with van der Waals surface area (Å²) in [4.78, 5) is 12.4. The average molecular weight is 330 g/mol. The van der Waals surface area contributed by atoms with Crippen molar-refractivity contribution in [2.24, 2.45) is 5.73 Å². The highest BCUT2D eigenvalue weighted by Gasteiger charge is 2.20. The molecule has 0 saturated carbocycles. The van der Waals surface area contributed by atoms with Gasteiger partial charge >= 0.3 is 0 Å². The predicted molar refractivity (Wildman–Crippen MR) is 89.2 cm³/mol. The van der Waals surface area contributed by atoms with Gasteiger partial charge in [-0.2, -0.15) is 0 Å². The molecule has 1 aromatic carbocycles.